The standard InChI is InChI=1S/C17H21FN2O3/c1-11-8-12(18)9-14-13(11)10-15(20-14)17(23)19-7-5-3-2-4-6-16(21)22/h8-10,20H,2-7H2,1H3,(H,19,23)(H,21,22). The van der Waals surface area contributed by atoms with Gasteiger partial charge in [0.2, 0.25) is 0 Å². The first-order valence-corrected chi connectivity index (χ1v) is 7.76. The molecule has 0 atom stereocenters. The lowest BCUT2D eigenvalue weighted by molar-refractivity contribution is -0.137. The largest absolute Gasteiger partial charge is 0.481 e. The van der Waals surface area contributed by atoms with Crippen molar-refractivity contribution in [3.8, 4) is 0 Å². The summed E-state index contributed by atoms with van der Waals surface area (Å²) >= 11 is 0. The summed E-state index contributed by atoms with van der Waals surface area (Å²) in [6, 6.07) is 4.54. The second-order valence-electron chi connectivity index (χ2n) is 5.68. The van der Waals surface area contributed by atoms with Crippen molar-refractivity contribution in [1.82, 2.24) is 10.3 Å². The summed E-state index contributed by atoms with van der Waals surface area (Å²) in [4.78, 5) is 25.4. The Morgan fingerprint density at radius 2 is 1.91 bits per heavy atom. The monoisotopic (exact) mass is 320 g/mol. The number of fused-ring (bicyclic) bond motifs is 1. The summed E-state index contributed by atoms with van der Waals surface area (Å²) in [7, 11) is 0. The normalized spacial score (nSPS) is 10.9. The number of carboxylic acids is 1. The van der Waals surface area contributed by atoms with Crippen molar-refractivity contribution in [3.63, 3.8) is 0 Å². The number of carboxylic acid groups (broad SMARTS) is 1. The van der Waals surface area contributed by atoms with E-state index in [1.54, 1.807) is 13.0 Å². The number of unbranched alkanes of at least 4 members (excludes halogenated alkanes) is 3. The zero-order valence-corrected chi connectivity index (χ0v) is 13.1. The van der Waals surface area contributed by atoms with E-state index in [0.717, 1.165) is 30.2 Å². The fourth-order valence-corrected chi connectivity index (χ4v) is 2.55. The molecular weight excluding hydrogens is 299 g/mol. The molecule has 0 radical (unpaired) electrons. The molecule has 6 heteroatoms. The summed E-state index contributed by atoms with van der Waals surface area (Å²) in [6.45, 7) is 2.34. The van der Waals surface area contributed by atoms with Crippen molar-refractivity contribution in [2.75, 3.05) is 6.54 Å². The predicted octanol–water partition coefficient (Wildman–Crippen LogP) is 3.38. The Hall–Kier alpha value is -2.37. The van der Waals surface area contributed by atoms with E-state index in [-0.39, 0.29) is 18.1 Å². The average molecular weight is 320 g/mol. The second-order valence-corrected chi connectivity index (χ2v) is 5.68. The van der Waals surface area contributed by atoms with E-state index in [9.17, 15) is 14.0 Å². The summed E-state index contributed by atoms with van der Waals surface area (Å²) in [5.41, 5.74) is 1.81. The molecule has 124 valence electrons. The molecule has 1 heterocycles. The third kappa shape index (κ3) is 4.81. The van der Waals surface area contributed by atoms with Crippen LogP contribution < -0.4 is 5.32 Å². The molecule has 23 heavy (non-hydrogen) atoms. The molecule has 0 aliphatic heterocycles. The van der Waals surface area contributed by atoms with Gasteiger partial charge in [-0.05, 0) is 43.5 Å². The summed E-state index contributed by atoms with van der Waals surface area (Å²) in [5.74, 6) is -1.32. The number of nitrogens with one attached hydrogen (secondary N) is 2. The molecule has 1 amide bonds. The van der Waals surface area contributed by atoms with Crippen LogP contribution in [0, 0.1) is 12.7 Å². The summed E-state index contributed by atoms with van der Waals surface area (Å²) in [6.07, 6.45) is 3.38. The Bertz CT molecular complexity index is 709. The van der Waals surface area contributed by atoms with E-state index in [0.29, 0.717) is 24.2 Å². The van der Waals surface area contributed by atoms with Gasteiger partial charge in [0, 0.05) is 23.9 Å². The molecule has 0 spiro atoms. The molecular formula is C17H21FN2O3. The van der Waals surface area contributed by atoms with Crippen LogP contribution >= 0.6 is 0 Å². The van der Waals surface area contributed by atoms with Gasteiger partial charge in [-0.25, -0.2) is 4.39 Å². The van der Waals surface area contributed by atoms with E-state index in [1.807, 2.05) is 0 Å². The lowest BCUT2D eigenvalue weighted by Crippen LogP contribution is -2.24. The first-order chi connectivity index (χ1) is 11.0. The molecule has 0 unspecified atom stereocenters. The molecule has 0 saturated heterocycles. The van der Waals surface area contributed by atoms with Gasteiger partial charge in [0.05, 0.1) is 0 Å². The van der Waals surface area contributed by atoms with Crippen molar-refractivity contribution in [2.45, 2.75) is 39.0 Å². The fourth-order valence-electron chi connectivity index (χ4n) is 2.55. The third-order valence-corrected chi connectivity index (χ3v) is 3.76. The number of amides is 1. The molecule has 0 bridgehead atoms. The number of aliphatic carboxylic acids is 1. The Kier molecular flexibility index (Phi) is 5.73. The maximum atomic E-state index is 13.4. The minimum absolute atomic E-state index is 0.192. The van der Waals surface area contributed by atoms with E-state index in [4.69, 9.17) is 5.11 Å². The van der Waals surface area contributed by atoms with Crippen molar-refractivity contribution in [3.05, 3.63) is 35.3 Å². The summed E-state index contributed by atoms with van der Waals surface area (Å²) < 4.78 is 13.4. The molecule has 2 rings (SSSR count). The van der Waals surface area contributed by atoms with Gasteiger partial charge >= 0.3 is 5.97 Å². The number of hydrogen-bond acceptors (Lipinski definition) is 2. The van der Waals surface area contributed by atoms with Crippen molar-refractivity contribution in [1.29, 1.82) is 0 Å². The second kappa shape index (κ2) is 7.76. The summed E-state index contributed by atoms with van der Waals surface area (Å²) in [5, 5.41) is 12.2. The zero-order chi connectivity index (χ0) is 16.8. The first-order valence-electron chi connectivity index (χ1n) is 7.76. The number of carbonyl (C=O) groups excluding carboxylic acids is 1. The van der Waals surface area contributed by atoms with Gasteiger partial charge in [0.25, 0.3) is 5.91 Å². The number of halogens is 1. The van der Waals surface area contributed by atoms with Crippen molar-refractivity contribution < 1.29 is 19.1 Å². The Morgan fingerprint density at radius 3 is 2.65 bits per heavy atom. The van der Waals surface area contributed by atoms with Gasteiger partial charge in [-0.3, -0.25) is 9.59 Å². The number of rotatable bonds is 8. The topological polar surface area (TPSA) is 82.2 Å². The highest BCUT2D eigenvalue weighted by atomic mass is 19.1. The van der Waals surface area contributed by atoms with Gasteiger partial charge in [0.1, 0.15) is 11.5 Å². The molecule has 5 nitrogen and oxygen atoms in total. The van der Waals surface area contributed by atoms with Crippen LogP contribution in [0.2, 0.25) is 0 Å². The van der Waals surface area contributed by atoms with E-state index >= 15 is 0 Å². The van der Waals surface area contributed by atoms with Gasteiger partial charge in [-0.15, -0.1) is 0 Å². The third-order valence-electron chi connectivity index (χ3n) is 3.76. The SMILES string of the molecule is Cc1cc(F)cc2[nH]c(C(=O)NCCCCCCC(=O)O)cc12. The number of benzene rings is 1. The highest BCUT2D eigenvalue weighted by molar-refractivity contribution is 5.98. The van der Waals surface area contributed by atoms with Crippen LogP contribution in [0.15, 0.2) is 18.2 Å². The molecule has 1 aromatic heterocycles. The average Bonchev–Trinajstić information content (AvgIpc) is 2.90. The van der Waals surface area contributed by atoms with Crippen LogP contribution in [-0.2, 0) is 4.79 Å². The highest BCUT2D eigenvalue weighted by Crippen LogP contribution is 2.21. The van der Waals surface area contributed by atoms with Gasteiger partial charge < -0.3 is 15.4 Å². The zero-order valence-electron chi connectivity index (χ0n) is 13.1. The first kappa shape index (κ1) is 17.0. The van der Waals surface area contributed by atoms with E-state index in [1.165, 1.54) is 12.1 Å². The van der Waals surface area contributed by atoms with E-state index < -0.39 is 5.97 Å². The van der Waals surface area contributed by atoms with Crippen LogP contribution in [0.1, 0.15) is 48.2 Å². The molecule has 0 saturated carbocycles. The Balaban J connectivity index is 1.80. The molecule has 1 aromatic carbocycles. The Morgan fingerprint density at radius 1 is 1.17 bits per heavy atom. The minimum Gasteiger partial charge on any atom is -0.481 e. The van der Waals surface area contributed by atoms with Crippen LogP contribution in [0.5, 0.6) is 0 Å². The molecule has 0 aliphatic rings. The Labute approximate surface area is 133 Å². The lowest BCUT2D eigenvalue weighted by Gasteiger charge is -2.03. The number of hydrogen-bond donors (Lipinski definition) is 3. The number of aryl methyl sites for hydroxylation is 1. The number of H-pyrrole nitrogens is 1. The van der Waals surface area contributed by atoms with Crippen molar-refractivity contribution in [2.24, 2.45) is 0 Å². The predicted molar refractivity (Wildman–Crippen MR) is 86.0 cm³/mol. The van der Waals surface area contributed by atoms with Crippen LogP contribution in [-0.4, -0.2) is 28.5 Å². The number of aromatic amines is 1. The fraction of sp³-hybridized carbons (Fsp3) is 0.412. The molecule has 0 aliphatic carbocycles. The molecule has 2 aromatic rings. The van der Waals surface area contributed by atoms with Crippen LogP contribution in [0.3, 0.4) is 0 Å². The minimum atomic E-state index is -0.774. The van der Waals surface area contributed by atoms with Gasteiger partial charge in [-0.2, -0.15) is 0 Å². The molecule has 0 fully saturated rings. The number of aromatic nitrogens is 1. The lowest BCUT2D eigenvalue weighted by atomic mass is 10.1. The van der Waals surface area contributed by atoms with Crippen LogP contribution in [0.4, 0.5) is 4.39 Å². The molecule has 3 N–H and O–H groups in total. The smallest absolute Gasteiger partial charge is 0.303 e. The maximum Gasteiger partial charge on any atom is 0.303 e. The highest BCUT2D eigenvalue weighted by Gasteiger charge is 2.11. The quantitative estimate of drug-likeness (QED) is 0.652. The van der Waals surface area contributed by atoms with Crippen LogP contribution in [0.25, 0.3) is 10.9 Å². The maximum absolute atomic E-state index is 13.4. The van der Waals surface area contributed by atoms with E-state index in [2.05, 4.69) is 10.3 Å². The van der Waals surface area contributed by atoms with Gasteiger partial charge in [0.15, 0.2) is 0 Å². The van der Waals surface area contributed by atoms with Crippen molar-refractivity contribution >= 4 is 22.8 Å². The van der Waals surface area contributed by atoms with Gasteiger partial charge in [-0.1, -0.05) is 12.8 Å². The number of carbonyl (C=O) groups is 2.